The Morgan fingerprint density at radius 1 is 1.27 bits per heavy atom. The van der Waals surface area contributed by atoms with Gasteiger partial charge in [-0.05, 0) is 50.8 Å². The average Bonchev–Trinajstić information content (AvgIpc) is 2.73. The summed E-state index contributed by atoms with van der Waals surface area (Å²) in [6.07, 6.45) is 7.92. The van der Waals surface area contributed by atoms with E-state index >= 15 is 0 Å². The van der Waals surface area contributed by atoms with Gasteiger partial charge >= 0.3 is 0 Å². The SMILES string of the molecule is CC[C@H]1CCCCN1CCCNC(=O)CCCN(c1ccccc1OC)S(C)(=O)=O. The van der Waals surface area contributed by atoms with Crippen LogP contribution >= 0.6 is 0 Å². The molecule has 1 atom stereocenters. The first-order chi connectivity index (χ1) is 14.4. The lowest BCUT2D eigenvalue weighted by Gasteiger charge is -2.35. The maximum atomic E-state index is 12.3. The number of anilines is 1. The van der Waals surface area contributed by atoms with Crippen molar-refractivity contribution < 1.29 is 17.9 Å². The summed E-state index contributed by atoms with van der Waals surface area (Å²) in [4.78, 5) is 14.7. The van der Waals surface area contributed by atoms with E-state index in [-0.39, 0.29) is 12.5 Å². The average molecular weight is 440 g/mol. The van der Waals surface area contributed by atoms with Gasteiger partial charge in [0.2, 0.25) is 15.9 Å². The molecule has 1 N–H and O–H groups in total. The van der Waals surface area contributed by atoms with Crippen molar-refractivity contribution in [1.82, 2.24) is 10.2 Å². The van der Waals surface area contributed by atoms with Gasteiger partial charge in [0.05, 0.1) is 19.1 Å². The molecule has 1 aliphatic heterocycles. The van der Waals surface area contributed by atoms with E-state index < -0.39 is 10.0 Å². The number of ether oxygens (including phenoxy) is 1. The summed E-state index contributed by atoms with van der Waals surface area (Å²) in [5.41, 5.74) is 0.495. The van der Waals surface area contributed by atoms with Gasteiger partial charge in [-0.3, -0.25) is 9.10 Å². The van der Waals surface area contributed by atoms with Crippen LogP contribution in [-0.4, -0.2) is 64.8 Å². The fraction of sp³-hybridized carbons (Fsp3) is 0.682. The monoisotopic (exact) mass is 439 g/mol. The van der Waals surface area contributed by atoms with Gasteiger partial charge in [-0.1, -0.05) is 25.5 Å². The Bertz CT molecular complexity index is 769. The van der Waals surface area contributed by atoms with E-state index in [0.717, 1.165) is 19.5 Å². The smallest absolute Gasteiger partial charge is 0.232 e. The van der Waals surface area contributed by atoms with Crippen LogP contribution in [0, 0.1) is 0 Å². The van der Waals surface area contributed by atoms with Crippen LogP contribution in [-0.2, 0) is 14.8 Å². The van der Waals surface area contributed by atoms with Crippen molar-refractivity contribution in [3.8, 4) is 5.75 Å². The lowest BCUT2D eigenvalue weighted by atomic mass is 10.00. The summed E-state index contributed by atoms with van der Waals surface area (Å²) < 4.78 is 31.1. The second kappa shape index (κ2) is 12.2. The predicted octanol–water partition coefficient (Wildman–Crippen LogP) is 3.01. The molecule has 170 valence electrons. The molecular weight excluding hydrogens is 402 g/mol. The van der Waals surface area contributed by atoms with E-state index in [9.17, 15) is 13.2 Å². The number of amides is 1. The van der Waals surface area contributed by atoms with Crippen molar-refractivity contribution in [2.24, 2.45) is 0 Å². The Labute approximate surface area is 181 Å². The molecular formula is C22H37N3O4S. The molecule has 30 heavy (non-hydrogen) atoms. The molecule has 1 aromatic carbocycles. The zero-order valence-electron chi connectivity index (χ0n) is 18.6. The van der Waals surface area contributed by atoms with Gasteiger partial charge in [0.1, 0.15) is 5.75 Å². The first-order valence-corrected chi connectivity index (χ1v) is 12.8. The highest BCUT2D eigenvalue weighted by Gasteiger charge is 2.21. The van der Waals surface area contributed by atoms with E-state index in [4.69, 9.17) is 4.74 Å². The molecule has 1 aliphatic rings. The summed E-state index contributed by atoms with van der Waals surface area (Å²) in [7, 11) is -1.96. The first kappa shape index (κ1) is 24.5. The molecule has 0 saturated carbocycles. The highest BCUT2D eigenvalue weighted by Crippen LogP contribution is 2.29. The zero-order valence-corrected chi connectivity index (χ0v) is 19.4. The molecule has 7 nitrogen and oxygen atoms in total. The number of nitrogens with zero attached hydrogens (tertiary/aromatic N) is 2. The third kappa shape index (κ3) is 7.47. The Morgan fingerprint density at radius 3 is 2.73 bits per heavy atom. The molecule has 0 bridgehead atoms. The number of methoxy groups -OCH3 is 1. The van der Waals surface area contributed by atoms with Crippen molar-refractivity contribution in [3.63, 3.8) is 0 Å². The third-order valence-corrected chi connectivity index (χ3v) is 6.86. The standard InChI is InChI=1S/C22H37N3O4S/c1-4-19-11-7-8-16-24(19)17-10-15-23-22(26)14-9-18-25(30(3,27)28)20-12-5-6-13-21(20)29-2/h5-6,12-13,19H,4,7-11,14-18H2,1-3H3,(H,23,26)/t19-/m0/s1. The van der Waals surface area contributed by atoms with Crippen LogP contribution in [0.3, 0.4) is 0 Å². The maximum absolute atomic E-state index is 12.3. The van der Waals surface area contributed by atoms with Crippen LogP contribution in [0.5, 0.6) is 5.75 Å². The quantitative estimate of drug-likeness (QED) is 0.507. The number of nitrogens with one attached hydrogen (secondary N) is 1. The number of carbonyl (C=O) groups is 1. The Kier molecular flexibility index (Phi) is 9.91. The Hall–Kier alpha value is -1.80. The largest absolute Gasteiger partial charge is 0.495 e. The second-order valence-corrected chi connectivity index (χ2v) is 9.81. The van der Waals surface area contributed by atoms with Gasteiger partial charge in [-0.25, -0.2) is 8.42 Å². The van der Waals surface area contributed by atoms with Crippen LogP contribution in [0.4, 0.5) is 5.69 Å². The number of para-hydroxylation sites is 2. The molecule has 0 radical (unpaired) electrons. The molecule has 1 aromatic rings. The lowest BCUT2D eigenvalue weighted by molar-refractivity contribution is -0.121. The highest BCUT2D eigenvalue weighted by atomic mass is 32.2. The molecule has 0 aromatic heterocycles. The van der Waals surface area contributed by atoms with Crippen molar-refractivity contribution in [2.75, 3.05) is 43.8 Å². The molecule has 1 amide bonds. The third-order valence-electron chi connectivity index (χ3n) is 5.68. The van der Waals surface area contributed by atoms with E-state index in [1.54, 1.807) is 24.3 Å². The fourth-order valence-corrected chi connectivity index (χ4v) is 5.07. The van der Waals surface area contributed by atoms with Crippen LogP contribution in [0.1, 0.15) is 51.9 Å². The van der Waals surface area contributed by atoms with Crippen molar-refractivity contribution >= 4 is 21.6 Å². The number of hydrogen-bond donors (Lipinski definition) is 1. The molecule has 0 spiro atoms. The number of piperidine rings is 1. The molecule has 0 unspecified atom stereocenters. The van der Waals surface area contributed by atoms with Crippen molar-refractivity contribution in [3.05, 3.63) is 24.3 Å². The van der Waals surface area contributed by atoms with Gasteiger partial charge in [0, 0.05) is 32.1 Å². The summed E-state index contributed by atoms with van der Waals surface area (Å²) in [6, 6.07) is 7.69. The minimum Gasteiger partial charge on any atom is -0.495 e. The summed E-state index contributed by atoms with van der Waals surface area (Å²) in [6.45, 7) is 5.33. The molecule has 2 rings (SSSR count). The predicted molar refractivity (Wildman–Crippen MR) is 122 cm³/mol. The fourth-order valence-electron chi connectivity index (χ4n) is 4.10. The van der Waals surface area contributed by atoms with Gasteiger partial charge in [0.25, 0.3) is 0 Å². The molecule has 1 heterocycles. The number of hydrogen-bond acceptors (Lipinski definition) is 5. The summed E-state index contributed by atoms with van der Waals surface area (Å²) >= 11 is 0. The zero-order chi connectivity index (χ0) is 22.0. The van der Waals surface area contributed by atoms with Crippen LogP contribution < -0.4 is 14.4 Å². The van der Waals surface area contributed by atoms with Crippen molar-refractivity contribution in [1.29, 1.82) is 0 Å². The maximum Gasteiger partial charge on any atom is 0.232 e. The van der Waals surface area contributed by atoms with E-state index in [1.165, 1.54) is 43.4 Å². The Morgan fingerprint density at radius 2 is 2.03 bits per heavy atom. The minimum absolute atomic E-state index is 0.0332. The number of benzene rings is 1. The summed E-state index contributed by atoms with van der Waals surface area (Å²) in [5, 5.41) is 2.97. The normalized spacial score (nSPS) is 17.5. The number of carbonyl (C=O) groups excluding carboxylic acids is 1. The highest BCUT2D eigenvalue weighted by molar-refractivity contribution is 7.92. The van der Waals surface area contributed by atoms with Crippen LogP contribution in [0.2, 0.25) is 0 Å². The first-order valence-electron chi connectivity index (χ1n) is 11.0. The Balaban J connectivity index is 1.75. The van der Waals surface area contributed by atoms with Gasteiger partial charge in [0.15, 0.2) is 0 Å². The van der Waals surface area contributed by atoms with Gasteiger partial charge in [-0.2, -0.15) is 0 Å². The molecule has 1 saturated heterocycles. The van der Waals surface area contributed by atoms with Crippen LogP contribution in [0.25, 0.3) is 0 Å². The van der Waals surface area contributed by atoms with Crippen LogP contribution in [0.15, 0.2) is 24.3 Å². The second-order valence-electron chi connectivity index (χ2n) is 7.91. The number of sulfonamides is 1. The molecule has 8 heteroatoms. The summed E-state index contributed by atoms with van der Waals surface area (Å²) in [5.74, 6) is 0.463. The number of likely N-dealkylation sites (tertiary alicyclic amines) is 1. The molecule has 0 aliphatic carbocycles. The number of rotatable bonds is 12. The van der Waals surface area contributed by atoms with Gasteiger partial charge < -0.3 is 15.0 Å². The van der Waals surface area contributed by atoms with Gasteiger partial charge in [-0.15, -0.1) is 0 Å². The van der Waals surface area contributed by atoms with E-state index in [1.807, 2.05) is 0 Å². The van der Waals surface area contributed by atoms with Crippen molar-refractivity contribution in [2.45, 2.75) is 57.9 Å². The van der Waals surface area contributed by atoms with E-state index in [0.29, 0.717) is 36.9 Å². The minimum atomic E-state index is -3.47. The lowest BCUT2D eigenvalue weighted by Crippen LogP contribution is -2.40. The topological polar surface area (TPSA) is 79.0 Å². The van der Waals surface area contributed by atoms with E-state index in [2.05, 4.69) is 17.1 Å². The molecule has 1 fully saturated rings.